The second-order valence-electron chi connectivity index (χ2n) is 9.36. The Morgan fingerprint density at radius 1 is 0.973 bits per heavy atom. The maximum absolute atomic E-state index is 12.8. The molecule has 0 aliphatic carbocycles. The van der Waals surface area contributed by atoms with E-state index in [0.717, 1.165) is 22.6 Å². The summed E-state index contributed by atoms with van der Waals surface area (Å²) in [5.74, 6) is 0.704. The highest BCUT2D eigenvalue weighted by Crippen LogP contribution is 2.14. The minimum absolute atomic E-state index is 0.0933. The quantitative estimate of drug-likeness (QED) is 0.370. The van der Waals surface area contributed by atoms with Crippen LogP contribution < -0.4 is 15.4 Å². The molecule has 0 spiro atoms. The van der Waals surface area contributed by atoms with Gasteiger partial charge in [0, 0.05) is 37.8 Å². The van der Waals surface area contributed by atoms with Crippen molar-refractivity contribution in [3.05, 3.63) is 83.7 Å². The van der Waals surface area contributed by atoms with Gasteiger partial charge in [0.1, 0.15) is 24.1 Å². The molecule has 1 amide bonds. The lowest BCUT2D eigenvalue weighted by Gasteiger charge is -2.24. The number of hydrogen-bond acceptors (Lipinski definition) is 8. The molecule has 1 aromatic carbocycles. The van der Waals surface area contributed by atoms with Gasteiger partial charge in [-0.25, -0.2) is 19.6 Å². The first-order valence-corrected chi connectivity index (χ1v) is 12.1. The fourth-order valence-electron chi connectivity index (χ4n) is 3.34. The minimum Gasteiger partial charge on any atom is -0.477 e. The van der Waals surface area contributed by atoms with E-state index in [1.807, 2.05) is 55.6 Å². The topological polar surface area (TPSA) is 112 Å². The average molecular weight is 507 g/mol. The number of pyridine rings is 2. The lowest BCUT2D eigenvalue weighted by atomic mass is 10.1. The lowest BCUT2D eigenvalue weighted by molar-refractivity contribution is -0.157. The van der Waals surface area contributed by atoms with Crippen molar-refractivity contribution in [2.75, 3.05) is 19.0 Å². The molecule has 1 atom stereocenters. The third kappa shape index (κ3) is 9.79. The first-order chi connectivity index (χ1) is 17.7. The van der Waals surface area contributed by atoms with Gasteiger partial charge in [-0.2, -0.15) is 0 Å². The zero-order valence-electron chi connectivity index (χ0n) is 21.7. The van der Waals surface area contributed by atoms with Crippen LogP contribution in [0.5, 0.6) is 5.88 Å². The van der Waals surface area contributed by atoms with Crippen molar-refractivity contribution in [2.24, 2.45) is 0 Å². The average Bonchev–Trinajstić information content (AvgIpc) is 2.88. The van der Waals surface area contributed by atoms with Crippen molar-refractivity contribution in [1.82, 2.24) is 15.3 Å². The smallest absolute Gasteiger partial charge is 0.408 e. The molecule has 2 aromatic heterocycles. The van der Waals surface area contributed by atoms with E-state index in [1.54, 1.807) is 39.1 Å². The second-order valence-corrected chi connectivity index (χ2v) is 9.36. The number of rotatable bonds is 11. The number of carbonyl (C=O) groups is 2. The van der Waals surface area contributed by atoms with Crippen molar-refractivity contribution >= 4 is 17.9 Å². The summed E-state index contributed by atoms with van der Waals surface area (Å²) in [6.45, 7) is 5.83. The number of ether oxygens (including phenoxy) is 3. The third-order valence-corrected chi connectivity index (χ3v) is 5.10. The zero-order valence-corrected chi connectivity index (χ0v) is 21.7. The van der Waals surface area contributed by atoms with Crippen LogP contribution in [0.25, 0.3) is 0 Å². The Morgan fingerprint density at radius 2 is 1.76 bits per heavy atom. The molecule has 3 rings (SSSR count). The SMILES string of the molecule is CNc1cccc(CCOc2ccc(CC(NC(=O)OCc3ccccc3)C(=O)OC(C)(C)C)cn2)n1. The van der Waals surface area contributed by atoms with Crippen molar-refractivity contribution in [3.8, 4) is 5.88 Å². The fourth-order valence-corrected chi connectivity index (χ4v) is 3.34. The van der Waals surface area contributed by atoms with Crippen LogP contribution in [-0.4, -0.2) is 47.3 Å². The van der Waals surface area contributed by atoms with Crippen LogP contribution >= 0.6 is 0 Å². The van der Waals surface area contributed by atoms with Gasteiger partial charge in [0.05, 0.1) is 6.61 Å². The van der Waals surface area contributed by atoms with Gasteiger partial charge >= 0.3 is 12.1 Å². The summed E-state index contributed by atoms with van der Waals surface area (Å²) in [6.07, 6.45) is 1.73. The van der Waals surface area contributed by atoms with Gasteiger partial charge in [0.15, 0.2) is 0 Å². The molecule has 2 N–H and O–H groups in total. The van der Waals surface area contributed by atoms with Crippen LogP contribution in [-0.2, 0) is 33.7 Å². The van der Waals surface area contributed by atoms with Gasteiger partial charge in [-0.3, -0.25) is 0 Å². The molecule has 0 aliphatic rings. The predicted octanol–water partition coefficient (Wildman–Crippen LogP) is 4.32. The molecule has 2 heterocycles. The number of hydrogen-bond donors (Lipinski definition) is 2. The molecule has 0 bridgehead atoms. The maximum atomic E-state index is 12.8. The summed E-state index contributed by atoms with van der Waals surface area (Å²) < 4.78 is 16.5. The first kappa shape index (κ1) is 27.4. The predicted molar refractivity (Wildman–Crippen MR) is 140 cm³/mol. The van der Waals surface area contributed by atoms with Crippen molar-refractivity contribution in [2.45, 2.75) is 51.9 Å². The van der Waals surface area contributed by atoms with Gasteiger partial charge in [-0.05, 0) is 44.0 Å². The molecule has 0 radical (unpaired) electrons. The molecular weight excluding hydrogens is 472 g/mol. The van der Waals surface area contributed by atoms with Crippen molar-refractivity contribution < 1.29 is 23.8 Å². The standard InChI is InChI=1S/C28H34N4O5/c1-28(2,3)37-26(33)23(32-27(34)36-19-20-9-6-5-7-10-20)17-21-13-14-25(30-18-21)35-16-15-22-11-8-12-24(29-4)31-22/h5-14,18,23H,15-17,19H2,1-4H3,(H,29,31)(H,32,34). The van der Waals surface area contributed by atoms with Gasteiger partial charge in [-0.15, -0.1) is 0 Å². The zero-order chi connectivity index (χ0) is 26.7. The maximum Gasteiger partial charge on any atom is 0.408 e. The van der Waals surface area contributed by atoms with Crippen LogP contribution in [0.1, 0.15) is 37.6 Å². The summed E-state index contributed by atoms with van der Waals surface area (Å²) in [4.78, 5) is 34.0. The Bertz CT molecular complexity index is 1150. The van der Waals surface area contributed by atoms with Crippen LogP contribution in [0.4, 0.5) is 10.6 Å². The number of nitrogens with zero attached hydrogens (tertiary/aromatic N) is 2. The van der Waals surface area contributed by atoms with E-state index in [1.165, 1.54) is 0 Å². The highest BCUT2D eigenvalue weighted by atomic mass is 16.6. The van der Waals surface area contributed by atoms with E-state index in [-0.39, 0.29) is 13.0 Å². The number of aromatic nitrogens is 2. The van der Waals surface area contributed by atoms with Gasteiger partial charge in [0.2, 0.25) is 5.88 Å². The van der Waals surface area contributed by atoms with Gasteiger partial charge < -0.3 is 24.8 Å². The number of amides is 1. The minimum atomic E-state index is -0.943. The van der Waals surface area contributed by atoms with Crippen molar-refractivity contribution in [3.63, 3.8) is 0 Å². The Labute approximate surface area is 217 Å². The van der Waals surface area contributed by atoms with Crippen LogP contribution in [0.2, 0.25) is 0 Å². The summed E-state index contributed by atoms with van der Waals surface area (Å²) in [5, 5.41) is 5.64. The molecule has 0 saturated carbocycles. The number of anilines is 1. The van der Waals surface area contributed by atoms with Crippen LogP contribution in [0.3, 0.4) is 0 Å². The molecule has 9 heteroatoms. The normalized spacial score (nSPS) is 11.8. The third-order valence-electron chi connectivity index (χ3n) is 5.10. The Morgan fingerprint density at radius 3 is 2.43 bits per heavy atom. The van der Waals surface area contributed by atoms with E-state index in [9.17, 15) is 9.59 Å². The molecule has 37 heavy (non-hydrogen) atoms. The first-order valence-electron chi connectivity index (χ1n) is 12.1. The van der Waals surface area contributed by atoms with Crippen molar-refractivity contribution in [1.29, 1.82) is 0 Å². The van der Waals surface area contributed by atoms with Crippen LogP contribution in [0, 0.1) is 0 Å². The molecule has 0 saturated heterocycles. The Kier molecular flexibility index (Phi) is 9.83. The molecular formula is C28H34N4O5. The van der Waals surface area contributed by atoms with Gasteiger partial charge in [-0.1, -0.05) is 42.5 Å². The summed E-state index contributed by atoms with van der Waals surface area (Å²) in [7, 11) is 1.82. The highest BCUT2D eigenvalue weighted by Gasteiger charge is 2.27. The molecule has 0 aliphatic heterocycles. The highest BCUT2D eigenvalue weighted by molar-refractivity contribution is 5.82. The number of esters is 1. The summed E-state index contributed by atoms with van der Waals surface area (Å²) in [6, 6.07) is 17.7. The van der Waals surface area contributed by atoms with E-state index in [0.29, 0.717) is 18.9 Å². The molecule has 9 nitrogen and oxygen atoms in total. The molecule has 196 valence electrons. The van der Waals surface area contributed by atoms with E-state index >= 15 is 0 Å². The lowest BCUT2D eigenvalue weighted by Crippen LogP contribution is -2.45. The fraction of sp³-hybridized carbons (Fsp3) is 0.357. The Hall–Kier alpha value is -4.14. The van der Waals surface area contributed by atoms with Gasteiger partial charge in [0.25, 0.3) is 0 Å². The molecule has 0 fully saturated rings. The number of benzene rings is 1. The summed E-state index contributed by atoms with van der Waals surface area (Å²) in [5.41, 5.74) is 1.78. The monoisotopic (exact) mass is 506 g/mol. The number of alkyl carbamates (subject to hydrolysis) is 1. The number of carbonyl (C=O) groups excluding carboxylic acids is 2. The number of nitrogens with one attached hydrogen (secondary N) is 2. The molecule has 3 aromatic rings. The summed E-state index contributed by atoms with van der Waals surface area (Å²) >= 11 is 0. The largest absolute Gasteiger partial charge is 0.477 e. The second kappa shape index (κ2) is 13.2. The van der Waals surface area contributed by atoms with E-state index in [2.05, 4.69) is 20.6 Å². The van der Waals surface area contributed by atoms with E-state index in [4.69, 9.17) is 14.2 Å². The Balaban J connectivity index is 1.56. The molecule has 1 unspecified atom stereocenters. The van der Waals surface area contributed by atoms with Crippen LogP contribution in [0.15, 0.2) is 66.9 Å². The van der Waals surface area contributed by atoms with E-state index < -0.39 is 23.7 Å².